The van der Waals surface area contributed by atoms with Gasteiger partial charge in [-0.3, -0.25) is 5.10 Å². The van der Waals surface area contributed by atoms with Crippen LogP contribution in [0.5, 0.6) is 5.75 Å². The third-order valence-corrected chi connectivity index (χ3v) is 3.79. The van der Waals surface area contributed by atoms with Crippen LogP contribution in [-0.2, 0) is 6.42 Å². The molecule has 118 valence electrons. The summed E-state index contributed by atoms with van der Waals surface area (Å²) in [6, 6.07) is 17.8. The van der Waals surface area contributed by atoms with Crippen molar-refractivity contribution in [1.29, 1.82) is 0 Å². The zero-order chi connectivity index (χ0) is 16.1. The fourth-order valence-corrected chi connectivity index (χ4v) is 2.41. The van der Waals surface area contributed by atoms with Crippen LogP contribution in [0.25, 0.3) is 11.4 Å². The molecule has 5 nitrogen and oxygen atoms in total. The number of nitrogens with zero attached hydrogens (tertiary/aromatic N) is 2. The predicted molar refractivity (Wildman–Crippen MR) is 90.1 cm³/mol. The average molecular weight is 308 g/mol. The second-order valence-corrected chi connectivity index (χ2v) is 5.40. The molecule has 2 aromatic carbocycles. The SMILES string of the molecule is COc1ccc(-c2n[nH]c([C@H](N)CCc3ccccc3)n2)cc1. The number of ether oxygens (including phenoxy) is 1. The van der Waals surface area contributed by atoms with E-state index < -0.39 is 0 Å². The molecule has 3 N–H and O–H groups in total. The number of nitrogens with two attached hydrogens (primary N) is 1. The minimum absolute atomic E-state index is 0.158. The molecular formula is C18H20N4O. The normalized spacial score (nSPS) is 12.1. The van der Waals surface area contributed by atoms with Crippen molar-refractivity contribution >= 4 is 0 Å². The van der Waals surface area contributed by atoms with Crippen molar-refractivity contribution in [2.75, 3.05) is 7.11 Å². The van der Waals surface area contributed by atoms with Gasteiger partial charge in [0.05, 0.1) is 13.2 Å². The molecule has 0 amide bonds. The summed E-state index contributed by atoms with van der Waals surface area (Å²) in [6.07, 6.45) is 1.74. The lowest BCUT2D eigenvalue weighted by molar-refractivity contribution is 0.415. The number of H-pyrrole nitrogens is 1. The quantitative estimate of drug-likeness (QED) is 0.733. The Morgan fingerprint density at radius 3 is 2.52 bits per heavy atom. The van der Waals surface area contributed by atoms with Gasteiger partial charge in [-0.1, -0.05) is 30.3 Å². The Labute approximate surface area is 135 Å². The van der Waals surface area contributed by atoms with Gasteiger partial charge in [0.25, 0.3) is 0 Å². The van der Waals surface area contributed by atoms with E-state index in [-0.39, 0.29) is 6.04 Å². The highest BCUT2D eigenvalue weighted by Gasteiger charge is 2.13. The van der Waals surface area contributed by atoms with Crippen molar-refractivity contribution in [3.05, 3.63) is 66.0 Å². The molecule has 0 fully saturated rings. The molecule has 0 aliphatic heterocycles. The summed E-state index contributed by atoms with van der Waals surface area (Å²) in [4.78, 5) is 4.52. The highest BCUT2D eigenvalue weighted by Crippen LogP contribution is 2.21. The molecule has 1 atom stereocenters. The molecule has 0 saturated carbocycles. The second kappa shape index (κ2) is 7.07. The minimum Gasteiger partial charge on any atom is -0.497 e. The first-order valence-corrected chi connectivity index (χ1v) is 7.62. The summed E-state index contributed by atoms with van der Waals surface area (Å²) in [7, 11) is 1.64. The highest BCUT2D eigenvalue weighted by atomic mass is 16.5. The maximum absolute atomic E-state index is 6.23. The van der Waals surface area contributed by atoms with E-state index in [9.17, 15) is 0 Å². The van der Waals surface area contributed by atoms with Crippen molar-refractivity contribution in [3.63, 3.8) is 0 Å². The summed E-state index contributed by atoms with van der Waals surface area (Å²) in [5.74, 6) is 2.17. The number of methoxy groups -OCH3 is 1. The minimum atomic E-state index is -0.158. The molecule has 23 heavy (non-hydrogen) atoms. The largest absolute Gasteiger partial charge is 0.497 e. The van der Waals surface area contributed by atoms with Gasteiger partial charge in [0, 0.05) is 5.56 Å². The van der Waals surface area contributed by atoms with E-state index in [0.717, 1.165) is 24.2 Å². The molecular weight excluding hydrogens is 288 g/mol. The Kier molecular flexibility index (Phi) is 4.68. The van der Waals surface area contributed by atoms with Crippen LogP contribution in [0.1, 0.15) is 23.9 Å². The number of nitrogens with one attached hydrogen (secondary N) is 1. The fourth-order valence-electron chi connectivity index (χ4n) is 2.41. The Morgan fingerprint density at radius 2 is 1.83 bits per heavy atom. The van der Waals surface area contributed by atoms with Crippen LogP contribution in [0, 0.1) is 0 Å². The van der Waals surface area contributed by atoms with E-state index in [4.69, 9.17) is 10.5 Å². The summed E-state index contributed by atoms with van der Waals surface area (Å²) >= 11 is 0. The van der Waals surface area contributed by atoms with Crippen LogP contribution >= 0.6 is 0 Å². The number of benzene rings is 2. The standard InChI is InChI=1S/C18H20N4O/c1-23-15-10-8-14(9-11-15)17-20-18(22-21-17)16(19)12-7-13-5-3-2-4-6-13/h2-6,8-11,16H,7,12,19H2,1H3,(H,20,21,22)/t16-/m1/s1. The summed E-state index contributed by atoms with van der Waals surface area (Å²) in [5.41, 5.74) is 8.44. The second-order valence-electron chi connectivity index (χ2n) is 5.40. The number of aromatic amines is 1. The lowest BCUT2D eigenvalue weighted by Crippen LogP contribution is -2.13. The van der Waals surface area contributed by atoms with E-state index >= 15 is 0 Å². The van der Waals surface area contributed by atoms with Gasteiger partial charge in [-0.25, -0.2) is 4.98 Å². The first-order chi connectivity index (χ1) is 11.3. The van der Waals surface area contributed by atoms with Gasteiger partial charge in [0.1, 0.15) is 11.6 Å². The molecule has 5 heteroatoms. The maximum atomic E-state index is 6.23. The van der Waals surface area contributed by atoms with E-state index in [1.165, 1.54) is 5.56 Å². The number of hydrogen-bond acceptors (Lipinski definition) is 4. The highest BCUT2D eigenvalue weighted by molar-refractivity contribution is 5.55. The van der Waals surface area contributed by atoms with E-state index in [1.54, 1.807) is 7.11 Å². The third kappa shape index (κ3) is 3.76. The van der Waals surface area contributed by atoms with Crippen LogP contribution < -0.4 is 10.5 Å². The predicted octanol–water partition coefficient (Wildman–Crippen LogP) is 3.11. The molecule has 1 aromatic heterocycles. The number of rotatable bonds is 6. The van der Waals surface area contributed by atoms with Crippen molar-refractivity contribution in [3.8, 4) is 17.1 Å². The first kappa shape index (κ1) is 15.2. The maximum Gasteiger partial charge on any atom is 0.181 e. The molecule has 0 aliphatic rings. The van der Waals surface area contributed by atoms with Crippen LogP contribution in [0.3, 0.4) is 0 Å². The van der Waals surface area contributed by atoms with E-state index in [0.29, 0.717) is 11.6 Å². The number of aryl methyl sites for hydroxylation is 1. The molecule has 0 saturated heterocycles. The van der Waals surface area contributed by atoms with Crippen molar-refractivity contribution in [2.24, 2.45) is 5.73 Å². The summed E-state index contributed by atoms with van der Waals surface area (Å²) in [6.45, 7) is 0. The molecule has 3 rings (SSSR count). The molecule has 3 aromatic rings. The Hall–Kier alpha value is -2.66. The van der Waals surface area contributed by atoms with Crippen molar-refractivity contribution in [2.45, 2.75) is 18.9 Å². The van der Waals surface area contributed by atoms with E-state index in [2.05, 4.69) is 27.3 Å². The fraction of sp³-hybridized carbons (Fsp3) is 0.222. The first-order valence-electron chi connectivity index (χ1n) is 7.62. The molecule has 0 radical (unpaired) electrons. The van der Waals surface area contributed by atoms with Crippen LogP contribution in [0.4, 0.5) is 0 Å². The lowest BCUT2D eigenvalue weighted by atomic mass is 10.1. The van der Waals surface area contributed by atoms with Crippen LogP contribution in [0.2, 0.25) is 0 Å². The summed E-state index contributed by atoms with van der Waals surface area (Å²) < 4.78 is 5.15. The zero-order valence-corrected chi connectivity index (χ0v) is 13.1. The average Bonchev–Trinajstić information content (AvgIpc) is 3.11. The Bertz CT molecular complexity index is 737. The molecule has 0 bridgehead atoms. The van der Waals surface area contributed by atoms with Crippen LogP contribution in [0.15, 0.2) is 54.6 Å². The number of aromatic nitrogens is 3. The van der Waals surface area contributed by atoms with Gasteiger partial charge in [-0.15, -0.1) is 0 Å². The van der Waals surface area contributed by atoms with Gasteiger partial charge in [-0.05, 0) is 42.7 Å². The lowest BCUT2D eigenvalue weighted by Gasteiger charge is -2.07. The van der Waals surface area contributed by atoms with Gasteiger partial charge >= 0.3 is 0 Å². The third-order valence-electron chi connectivity index (χ3n) is 3.79. The van der Waals surface area contributed by atoms with Crippen LogP contribution in [-0.4, -0.2) is 22.3 Å². The smallest absolute Gasteiger partial charge is 0.181 e. The monoisotopic (exact) mass is 308 g/mol. The number of hydrogen-bond donors (Lipinski definition) is 2. The Morgan fingerprint density at radius 1 is 1.09 bits per heavy atom. The summed E-state index contributed by atoms with van der Waals surface area (Å²) in [5, 5.41) is 7.21. The van der Waals surface area contributed by atoms with Crippen molar-refractivity contribution in [1.82, 2.24) is 15.2 Å². The topological polar surface area (TPSA) is 76.8 Å². The Balaban J connectivity index is 1.65. The van der Waals surface area contributed by atoms with Gasteiger partial charge in [0.2, 0.25) is 0 Å². The molecule has 1 heterocycles. The van der Waals surface area contributed by atoms with Gasteiger partial charge in [0.15, 0.2) is 5.82 Å². The van der Waals surface area contributed by atoms with Gasteiger partial charge < -0.3 is 10.5 Å². The molecule has 0 spiro atoms. The van der Waals surface area contributed by atoms with Crippen molar-refractivity contribution < 1.29 is 4.74 Å². The molecule has 0 aliphatic carbocycles. The van der Waals surface area contributed by atoms with E-state index in [1.807, 2.05) is 42.5 Å². The zero-order valence-electron chi connectivity index (χ0n) is 13.1. The molecule has 0 unspecified atom stereocenters. The van der Waals surface area contributed by atoms with Gasteiger partial charge in [-0.2, -0.15) is 5.10 Å².